The van der Waals surface area contributed by atoms with Crippen LogP contribution in [0.3, 0.4) is 0 Å². The average Bonchev–Trinajstić information content (AvgIpc) is 2.93. The standard InChI is InChI=1S/C13H16N4OS.2ClH/c1-2-12-17-11(8-19-12)7-16-13(18)9-3-4-15-10(5-9)6-14;;/h3-5,8H,2,6-7,14H2,1H3,(H,16,18);2*1H. The van der Waals surface area contributed by atoms with E-state index in [1.807, 2.05) is 5.38 Å². The van der Waals surface area contributed by atoms with Gasteiger partial charge in [-0.3, -0.25) is 9.78 Å². The van der Waals surface area contributed by atoms with Crippen LogP contribution in [-0.4, -0.2) is 15.9 Å². The normalized spacial score (nSPS) is 9.43. The van der Waals surface area contributed by atoms with Gasteiger partial charge in [-0.1, -0.05) is 6.92 Å². The maximum Gasteiger partial charge on any atom is 0.251 e. The predicted molar refractivity (Wildman–Crippen MR) is 89.3 cm³/mol. The van der Waals surface area contributed by atoms with E-state index in [1.54, 1.807) is 29.7 Å². The van der Waals surface area contributed by atoms with Crippen molar-refractivity contribution in [2.24, 2.45) is 5.73 Å². The van der Waals surface area contributed by atoms with E-state index < -0.39 is 0 Å². The largest absolute Gasteiger partial charge is 0.346 e. The highest BCUT2D eigenvalue weighted by Crippen LogP contribution is 2.10. The van der Waals surface area contributed by atoms with Crippen LogP contribution < -0.4 is 11.1 Å². The molecule has 0 fully saturated rings. The van der Waals surface area contributed by atoms with Gasteiger partial charge < -0.3 is 11.1 Å². The molecule has 2 rings (SSSR count). The third-order valence-corrected chi connectivity index (χ3v) is 3.66. The minimum Gasteiger partial charge on any atom is -0.346 e. The Morgan fingerprint density at radius 2 is 2.14 bits per heavy atom. The molecule has 2 heterocycles. The van der Waals surface area contributed by atoms with Crippen molar-refractivity contribution in [3.05, 3.63) is 45.7 Å². The molecule has 1 amide bonds. The lowest BCUT2D eigenvalue weighted by Gasteiger charge is -2.04. The van der Waals surface area contributed by atoms with Gasteiger partial charge in [-0.2, -0.15) is 0 Å². The molecule has 2 aromatic rings. The smallest absolute Gasteiger partial charge is 0.251 e. The van der Waals surface area contributed by atoms with Gasteiger partial charge >= 0.3 is 0 Å². The summed E-state index contributed by atoms with van der Waals surface area (Å²) in [6.07, 6.45) is 2.51. The maximum absolute atomic E-state index is 12.0. The zero-order valence-electron chi connectivity index (χ0n) is 11.5. The average molecular weight is 349 g/mol. The van der Waals surface area contributed by atoms with Crippen LogP contribution >= 0.6 is 36.2 Å². The summed E-state index contributed by atoms with van der Waals surface area (Å²) < 4.78 is 0. The highest BCUT2D eigenvalue weighted by molar-refractivity contribution is 7.09. The molecule has 0 radical (unpaired) electrons. The third kappa shape index (κ3) is 5.59. The Labute approximate surface area is 140 Å². The molecule has 0 aliphatic heterocycles. The number of nitrogens with two attached hydrogens (primary N) is 1. The van der Waals surface area contributed by atoms with Crippen LogP contribution in [0.1, 0.15) is 33.7 Å². The Balaban J connectivity index is 0.00000200. The summed E-state index contributed by atoms with van der Waals surface area (Å²) in [5.41, 5.74) is 7.67. The second-order valence-corrected chi connectivity index (χ2v) is 4.95. The fourth-order valence-electron chi connectivity index (χ4n) is 1.60. The lowest BCUT2D eigenvalue weighted by molar-refractivity contribution is 0.0950. The number of rotatable bonds is 5. The molecule has 0 saturated carbocycles. The molecule has 3 N–H and O–H groups in total. The number of carbonyl (C=O) groups is 1. The summed E-state index contributed by atoms with van der Waals surface area (Å²) in [7, 11) is 0. The first-order chi connectivity index (χ1) is 9.22. The van der Waals surface area contributed by atoms with Crippen LogP contribution in [0.5, 0.6) is 0 Å². The molecular weight excluding hydrogens is 331 g/mol. The lowest BCUT2D eigenvalue weighted by atomic mass is 10.2. The van der Waals surface area contributed by atoms with Crippen LogP contribution in [0.2, 0.25) is 0 Å². The number of aromatic nitrogens is 2. The monoisotopic (exact) mass is 348 g/mol. The minimum atomic E-state index is -0.136. The molecule has 0 aliphatic carbocycles. The highest BCUT2D eigenvalue weighted by atomic mass is 35.5. The summed E-state index contributed by atoms with van der Waals surface area (Å²) in [6, 6.07) is 3.38. The van der Waals surface area contributed by atoms with Gasteiger partial charge in [0.1, 0.15) is 0 Å². The second-order valence-electron chi connectivity index (χ2n) is 4.01. The van der Waals surface area contributed by atoms with Crippen molar-refractivity contribution in [1.82, 2.24) is 15.3 Å². The number of hydrogen-bond donors (Lipinski definition) is 2. The molecule has 0 spiro atoms. The molecule has 8 heteroatoms. The fourth-order valence-corrected chi connectivity index (χ4v) is 2.34. The molecule has 0 bridgehead atoms. The van der Waals surface area contributed by atoms with Gasteiger partial charge in [0.05, 0.1) is 22.9 Å². The molecule has 2 aromatic heterocycles. The highest BCUT2D eigenvalue weighted by Gasteiger charge is 2.07. The molecular formula is C13H18Cl2N4OS. The van der Waals surface area contributed by atoms with Crippen molar-refractivity contribution in [2.75, 3.05) is 0 Å². The number of nitrogens with one attached hydrogen (secondary N) is 1. The summed E-state index contributed by atoms with van der Waals surface area (Å²) in [4.78, 5) is 20.4. The Kier molecular flexibility index (Phi) is 9.12. The number of carbonyl (C=O) groups excluding carboxylic acids is 1. The van der Waals surface area contributed by atoms with Gasteiger partial charge in [0.15, 0.2) is 0 Å². The SMILES string of the molecule is CCc1nc(CNC(=O)c2ccnc(CN)c2)cs1.Cl.Cl. The van der Waals surface area contributed by atoms with Gasteiger partial charge in [-0.25, -0.2) is 4.98 Å². The van der Waals surface area contributed by atoms with Crippen molar-refractivity contribution in [3.63, 3.8) is 0 Å². The van der Waals surface area contributed by atoms with Gasteiger partial charge in [-0.15, -0.1) is 36.2 Å². The predicted octanol–water partition coefficient (Wildman–Crippen LogP) is 2.33. The van der Waals surface area contributed by atoms with Crippen LogP contribution in [0.4, 0.5) is 0 Å². The van der Waals surface area contributed by atoms with Crippen LogP contribution in [0.15, 0.2) is 23.7 Å². The first kappa shape index (κ1) is 19.8. The number of amides is 1. The van der Waals surface area contributed by atoms with Crippen LogP contribution in [0.25, 0.3) is 0 Å². The Morgan fingerprint density at radius 1 is 1.38 bits per heavy atom. The van der Waals surface area contributed by atoms with Crippen LogP contribution in [0, 0.1) is 0 Å². The Hall–Kier alpha value is -1.21. The third-order valence-electron chi connectivity index (χ3n) is 2.62. The van der Waals surface area contributed by atoms with Gasteiger partial charge in [-0.05, 0) is 18.6 Å². The number of thiazole rings is 1. The van der Waals surface area contributed by atoms with Gasteiger partial charge in [0, 0.05) is 23.7 Å². The number of aryl methyl sites for hydroxylation is 1. The first-order valence-electron chi connectivity index (χ1n) is 6.09. The van der Waals surface area contributed by atoms with E-state index in [2.05, 4.69) is 22.2 Å². The van der Waals surface area contributed by atoms with Crippen molar-refractivity contribution in [2.45, 2.75) is 26.4 Å². The lowest BCUT2D eigenvalue weighted by Crippen LogP contribution is -2.23. The fraction of sp³-hybridized carbons (Fsp3) is 0.308. The van der Waals surface area contributed by atoms with E-state index in [1.165, 1.54) is 0 Å². The van der Waals surface area contributed by atoms with Crippen LogP contribution in [-0.2, 0) is 19.5 Å². The molecule has 0 atom stereocenters. The number of hydrogen-bond acceptors (Lipinski definition) is 5. The molecule has 0 aromatic carbocycles. The quantitative estimate of drug-likeness (QED) is 0.868. The summed E-state index contributed by atoms with van der Waals surface area (Å²) in [5.74, 6) is -0.136. The molecule has 0 unspecified atom stereocenters. The maximum atomic E-state index is 12.0. The van der Waals surface area contributed by atoms with E-state index in [9.17, 15) is 4.79 Å². The first-order valence-corrected chi connectivity index (χ1v) is 6.97. The number of nitrogens with zero attached hydrogens (tertiary/aromatic N) is 2. The molecule has 116 valence electrons. The summed E-state index contributed by atoms with van der Waals surface area (Å²) >= 11 is 1.61. The zero-order valence-corrected chi connectivity index (χ0v) is 14.0. The summed E-state index contributed by atoms with van der Waals surface area (Å²) in [6.45, 7) is 2.83. The van der Waals surface area contributed by atoms with E-state index in [4.69, 9.17) is 5.73 Å². The van der Waals surface area contributed by atoms with E-state index in [0.717, 1.165) is 17.1 Å². The van der Waals surface area contributed by atoms with Crippen molar-refractivity contribution in [1.29, 1.82) is 0 Å². The molecule has 0 saturated heterocycles. The van der Waals surface area contributed by atoms with Crippen molar-refractivity contribution in [3.8, 4) is 0 Å². The summed E-state index contributed by atoms with van der Waals surface area (Å²) in [5, 5.41) is 5.89. The van der Waals surface area contributed by atoms with E-state index in [0.29, 0.717) is 24.3 Å². The second kappa shape index (κ2) is 9.68. The molecule has 0 aliphatic rings. The Morgan fingerprint density at radius 3 is 2.76 bits per heavy atom. The minimum absolute atomic E-state index is 0. The topological polar surface area (TPSA) is 80.9 Å². The number of pyridine rings is 1. The molecule has 5 nitrogen and oxygen atoms in total. The van der Waals surface area contributed by atoms with Gasteiger partial charge in [0.2, 0.25) is 0 Å². The zero-order chi connectivity index (χ0) is 13.7. The number of halogens is 2. The van der Waals surface area contributed by atoms with Crippen molar-refractivity contribution < 1.29 is 4.79 Å². The molecule has 21 heavy (non-hydrogen) atoms. The van der Waals surface area contributed by atoms with E-state index in [-0.39, 0.29) is 30.7 Å². The van der Waals surface area contributed by atoms with Crippen molar-refractivity contribution >= 4 is 42.1 Å². The van der Waals surface area contributed by atoms with E-state index >= 15 is 0 Å². The van der Waals surface area contributed by atoms with Gasteiger partial charge in [0.25, 0.3) is 5.91 Å². The Bertz CT molecular complexity index is 577.